The third kappa shape index (κ3) is 3.23. The van der Waals surface area contributed by atoms with E-state index in [0.29, 0.717) is 5.95 Å². The number of nitrogens with zero attached hydrogens (tertiary/aromatic N) is 3. The maximum atomic E-state index is 11.8. The van der Waals surface area contributed by atoms with Crippen LogP contribution in [0.2, 0.25) is 0 Å². The normalized spacial score (nSPS) is 14.4. The molecule has 1 atom stereocenters. The van der Waals surface area contributed by atoms with Crippen molar-refractivity contribution in [2.45, 2.75) is 54.0 Å². The Labute approximate surface area is 149 Å². The fourth-order valence-corrected chi connectivity index (χ4v) is 3.59. The monoisotopic (exact) mass is 338 g/mol. The molecular weight excluding hydrogens is 312 g/mol. The van der Waals surface area contributed by atoms with Crippen LogP contribution in [0, 0.1) is 27.7 Å². The minimum Gasteiger partial charge on any atom is -0.346 e. The van der Waals surface area contributed by atoms with Gasteiger partial charge in [-0.25, -0.2) is 4.98 Å². The second kappa shape index (κ2) is 6.47. The number of anilines is 3. The Hall–Kier alpha value is -2.43. The summed E-state index contributed by atoms with van der Waals surface area (Å²) in [6.07, 6.45) is 0.891. The zero-order valence-corrected chi connectivity index (χ0v) is 15.9. The fraction of sp³-hybridized carbons (Fsp3) is 0.450. The number of aryl methyl sites for hydroxylation is 4. The number of hydrogen-bond donors (Lipinski definition) is 1. The highest BCUT2D eigenvalue weighted by atomic mass is 16.1. The molecule has 1 N–H and O–H groups in total. The molecule has 5 heteroatoms. The Balaban J connectivity index is 1.99. The Morgan fingerprint density at radius 2 is 1.80 bits per heavy atom. The molecular formula is C20H26N4O. The topological polar surface area (TPSA) is 58.1 Å². The van der Waals surface area contributed by atoms with Crippen molar-refractivity contribution in [3.8, 4) is 0 Å². The molecule has 0 fully saturated rings. The van der Waals surface area contributed by atoms with Gasteiger partial charge in [-0.05, 0) is 59.1 Å². The number of Topliss-reactive ketones (excluding diaryl/α,β-unsaturated/α-hetero) is 1. The number of carbonyl (C=O) groups excluding carboxylic acids is 1. The van der Waals surface area contributed by atoms with Gasteiger partial charge in [0.25, 0.3) is 0 Å². The van der Waals surface area contributed by atoms with Crippen molar-refractivity contribution in [2.24, 2.45) is 0 Å². The van der Waals surface area contributed by atoms with Crippen molar-refractivity contribution < 1.29 is 4.79 Å². The minimum absolute atomic E-state index is 0.156. The number of ketones is 1. The summed E-state index contributed by atoms with van der Waals surface area (Å²) in [5, 5.41) is 3.39. The van der Waals surface area contributed by atoms with E-state index in [-0.39, 0.29) is 11.8 Å². The predicted octanol–water partition coefficient (Wildman–Crippen LogP) is 3.79. The van der Waals surface area contributed by atoms with Crippen LogP contribution in [0.5, 0.6) is 0 Å². The van der Waals surface area contributed by atoms with E-state index in [0.717, 1.165) is 35.7 Å². The third-order valence-electron chi connectivity index (χ3n) is 5.04. The van der Waals surface area contributed by atoms with Gasteiger partial charge in [0, 0.05) is 23.5 Å². The molecule has 2 heterocycles. The molecule has 2 aromatic rings. The van der Waals surface area contributed by atoms with Crippen LogP contribution in [0.15, 0.2) is 12.1 Å². The van der Waals surface area contributed by atoms with Crippen LogP contribution in [-0.2, 0) is 11.2 Å². The molecule has 1 unspecified atom stereocenters. The van der Waals surface area contributed by atoms with Gasteiger partial charge < -0.3 is 10.2 Å². The first-order chi connectivity index (χ1) is 11.8. The summed E-state index contributed by atoms with van der Waals surface area (Å²) in [6, 6.07) is 4.14. The molecule has 0 bridgehead atoms. The quantitative estimate of drug-likeness (QED) is 0.919. The van der Waals surface area contributed by atoms with Gasteiger partial charge in [-0.15, -0.1) is 0 Å². The van der Waals surface area contributed by atoms with Crippen LogP contribution in [0.3, 0.4) is 0 Å². The molecule has 1 aliphatic heterocycles. The van der Waals surface area contributed by atoms with Crippen molar-refractivity contribution in [1.29, 1.82) is 0 Å². The van der Waals surface area contributed by atoms with E-state index in [1.54, 1.807) is 6.92 Å². The number of aromatic nitrogens is 2. The van der Waals surface area contributed by atoms with Gasteiger partial charge in [0.1, 0.15) is 5.82 Å². The Kier molecular flexibility index (Phi) is 4.50. The first-order valence-electron chi connectivity index (χ1n) is 8.77. The first-order valence-corrected chi connectivity index (χ1v) is 8.77. The lowest BCUT2D eigenvalue weighted by molar-refractivity contribution is -0.117. The van der Waals surface area contributed by atoms with E-state index < -0.39 is 0 Å². The predicted molar refractivity (Wildman–Crippen MR) is 102 cm³/mol. The standard InChI is InChI=1S/C20H26N4O/c1-11-9-12(2)18(13(3)10-11)22-20-21-14(4)17-7-8-24(19(17)23-20)15(5)16(6)25/h9-10,15H,7-8H2,1-6H3,(H,21,22,23). The van der Waals surface area contributed by atoms with E-state index in [4.69, 9.17) is 4.98 Å². The Morgan fingerprint density at radius 1 is 1.16 bits per heavy atom. The minimum atomic E-state index is -0.161. The lowest BCUT2D eigenvalue weighted by atomic mass is 10.1. The van der Waals surface area contributed by atoms with Crippen LogP contribution in [-0.4, -0.2) is 28.3 Å². The van der Waals surface area contributed by atoms with Crippen molar-refractivity contribution in [3.05, 3.63) is 40.1 Å². The lowest BCUT2D eigenvalue weighted by Crippen LogP contribution is -2.37. The van der Waals surface area contributed by atoms with Crippen LogP contribution in [0.1, 0.15) is 41.8 Å². The molecule has 132 valence electrons. The number of hydrogen-bond acceptors (Lipinski definition) is 5. The Bertz CT molecular complexity index is 821. The van der Waals surface area contributed by atoms with Crippen molar-refractivity contribution in [1.82, 2.24) is 9.97 Å². The maximum absolute atomic E-state index is 11.8. The van der Waals surface area contributed by atoms with Crippen molar-refractivity contribution >= 4 is 23.2 Å². The van der Waals surface area contributed by atoms with Crippen molar-refractivity contribution in [2.75, 3.05) is 16.8 Å². The lowest BCUT2D eigenvalue weighted by Gasteiger charge is -2.24. The molecule has 0 radical (unpaired) electrons. The number of carbonyl (C=O) groups is 1. The van der Waals surface area contributed by atoms with Gasteiger partial charge in [-0.1, -0.05) is 17.7 Å². The largest absolute Gasteiger partial charge is 0.346 e. The van der Waals surface area contributed by atoms with E-state index in [1.807, 2.05) is 13.8 Å². The maximum Gasteiger partial charge on any atom is 0.229 e. The second-order valence-corrected chi connectivity index (χ2v) is 7.06. The molecule has 1 aromatic heterocycles. The van der Waals surface area contributed by atoms with Crippen LogP contribution in [0.25, 0.3) is 0 Å². The number of nitrogens with one attached hydrogen (secondary N) is 1. The number of rotatable bonds is 4. The summed E-state index contributed by atoms with van der Waals surface area (Å²) in [5.41, 5.74) is 6.77. The summed E-state index contributed by atoms with van der Waals surface area (Å²) in [6.45, 7) is 12.7. The van der Waals surface area contributed by atoms with Gasteiger partial charge in [0.2, 0.25) is 5.95 Å². The van der Waals surface area contributed by atoms with Crippen LogP contribution < -0.4 is 10.2 Å². The first kappa shape index (κ1) is 17.4. The molecule has 25 heavy (non-hydrogen) atoms. The molecule has 3 rings (SSSR count). The molecule has 5 nitrogen and oxygen atoms in total. The van der Waals surface area contributed by atoms with Gasteiger partial charge >= 0.3 is 0 Å². The molecule has 1 aromatic carbocycles. The average molecular weight is 338 g/mol. The van der Waals surface area contributed by atoms with E-state index in [1.165, 1.54) is 16.7 Å². The summed E-state index contributed by atoms with van der Waals surface area (Å²) in [7, 11) is 0. The highest BCUT2D eigenvalue weighted by molar-refractivity contribution is 5.85. The molecule has 0 aliphatic carbocycles. The van der Waals surface area contributed by atoms with Gasteiger partial charge in [0.05, 0.1) is 6.04 Å². The highest BCUT2D eigenvalue weighted by Crippen LogP contribution is 2.32. The fourth-order valence-electron chi connectivity index (χ4n) is 3.59. The van der Waals surface area contributed by atoms with Crippen LogP contribution >= 0.6 is 0 Å². The van der Waals surface area contributed by atoms with Crippen LogP contribution in [0.4, 0.5) is 17.5 Å². The van der Waals surface area contributed by atoms with Gasteiger partial charge in [0.15, 0.2) is 5.78 Å². The second-order valence-electron chi connectivity index (χ2n) is 7.06. The summed E-state index contributed by atoms with van der Waals surface area (Å²) < 4.78 is 0. The third-order valence-corrected chi connectivity index (χ3v) is 5.04. The molecule has 1 aliphatic rings. The molecule has 0 saturated heterocycles. The SMILES string of the molecule is CC(=O)C(C)N1CCc2c(C)nc(Nc3c(C)cc(C)cc3C)nc21. The smallest absolute Gasteiger partial charge is 0.229 e. The van der Waals surface area contributed by atoms with E-state index >= 15 is 0 Å². The van der Waals surface area contributed by atoms with Crippen molar-refractivity contribution in [3.63, 3.8) is 0 Å². The summed E-state index contributed by atoms with van der Waals surface area (Å²) in [5.74, 6) is 1.64. The van der Waals surface area contributed by atoms with E-state index in [9.17, 15) is 4.79 Å². The zero-order valence-electron chi connectivity index (χ0n) is 15.9. The molecule has 0 spiro atoms. The van der Waals surface area contributed by atoms with Gasteiger partial charge in [-0.2, -0.15) is 4.98 Å². The highest BCUT2D eigenvalue weighted by Gasteiger charge is 2.29. The zero-order chi connectivity index (χ0) is 18.3. The number of benzene rings is 1. The molecule has 0 amide bonds. The summed E-state index contributed by atoms with van der Waals surface area (Å²) in [4.78, 5) is 23.3. The average Bonchev–Trinajstić information content (AvgIpc) is 2.94. The molecule has 0 saturated carbocycles. The number of fused-ring (bicyclic) bond motifs is 1. The Morgan fingerprint density at radius 3 is 2.40 bits per heavy atom. The van der Waals surface area contributed by atoms with E-state index in [2.05, 4.69) is 48.1 Å². The summed E-state index contributed by atoms with van der Waals surface area (Å²) >= 11 is 0. The van der Waals surface area contributed by atoms with Gasteiger partial charge in [-0.3, -0.25) is 4.79 Å².